The monoisotopic (exact) mass is 326 g/mol. The van der Waals surface area contributed by atoms with E-state index < -0.39 is 10.0 Å². The van der Waals surface area contributed by atoms with E-state index in [1.54, 1.807) is 25.4 Å². The maximum absolute atomic E-state index is 12.7. The predicted octanol–water partition coefficient (Wildman–Crippen LogP) is 3.10. The molecule has 0 fully saturated rings. The lowest BCUT2D eigenvalue weighted by Crippen LogP contribution is -2.29. The Hall–Kier alpha value is -2.24. The molecule has 1 aromatic heterocycles. The fraction of sp³-hybridized carbons (Fsp3) is 0.167. The molecular formula is C18H18N2O2S. The molecule has 1 heterocycles. The molecule has 0 radical (unpaired) electrons. The Labute approximate surface area is 136 Å². The summed E-state index contributed by atoms with van der Waals surface area (Å²) in [6, 6.07) is 18.6. The Morgan fingerprint density at radius 1 is 0.957 bits per heavy atom. The average Bonchev–Trinajstić information content (AvgIpc) is 2.60. The van der Waals surface area contributed by atoms with Gasteiger partial charge in [0.2, 0.25) is 10.0 Å². The minimum Gasteiger partial charge on any atom is -0.261 e. The number of aromatic nitrogens is 1. The highest BCUT2D eigenvalue weighted by Crippen LogP contribution is 2.21. The van der Waals surface area contributed by atoms with Crippen LogP contribution < -0.4 is 0 Å². The van der Waals surface area contributed by atoms with Gasteiger partial charge in [-0.1, -0.05) is 36.4 Å². The summed E-state index contributed by atoms with van der Waals surface area (Å²) in [6.07, 6.45) is 2.30. The summed E-state index contributed by atoms with van der Waals surface area (Å²) in [5.74, 6) is 0. The number of benzene rings is 2. The van der Waals surface area contributed by atoms with Gasteiger partial charge in [-0.05, 0) is 35.0 Å². The molecule has 0 aliphatic heterocycles. The third-order valence-electron chi connectivity index (χ3n) is 3.84. The number of pyridine rings is 1. The highest BCUT2D eigenvalue weighted by Gasteiger charge is 2.20. The maximum Gasteiger partial charge on any atom is 0.242 e. The molecule has 0 bridgehead atoms. The number of rotatable bonds is 5. The van der Waals surface area contributed by atoms with Gasteiger partial charge < -0.3 is 0 Å². The molecule has 0 spiro atoms. The molecule has 0 saturated heterocycles. The highest BCUT2D eigenvalue weighted by atomic mass is 32.2. The summed E-state index contributed by atoms with van der Waals surface area (Å²) in [6.45, 7) is 0.395. The fourth-order valence-corrected chi connectivity index (χ4v) is 3.65. The van der Waals surface area contributed by atoms with Crippen LogP contribution >= 0.6 is 0 Å². The van der Waals surface area contributed by atoms with Crippen LogP contribution in [-0.2, 0) is 16.4 Å². The largest absolute Gasteiger partial charge is 0.261 e. The summed E-state index contributed by atoms with van der Waals surface area (Å²) in [5.41, 5.74) is 0.882. The van der Waals surface area contributed by atoms with E-state index in [0.717, 1.165) is 16.5 Å². The molecular weight excluding hydrogens is 308 g/mol. The normalized spacial score (nSPS) is 11.9. The summed E-state index contributed by atoms with van der Waals surface area (Å²) >= 11 is 0. The van der Waals surface area contributed by atoms with Gasteiger partial charge in [0.1, 0.15) is 0 Å². The van der Waals surface area contributed by atoms with Crippen LogP contribution in [0, 0.1) is 0 Å². The minimum atomic E-state index is -3.50. The fourth-order valence-electron chi connectivity index (χ4n) is 2.45. The van der Waals surface area contributed by atoms with E-state index in [4.69, 9.17) is 0 Å². The molecule has 3 rings (SSSR count). The average molecular weight is 326 g/mol. The van der Waals surface area contributed by atoms with Crippen molar-refractivity contribution in [2.45, 2.75) is 11.3 Å². The first-order valence-corrected chi connectivity index (χ1v) is 8.86. The Morgan fingerprint density at radius 3 is 2.43 bits per heavy atom. The molecule has 4 nitrogen and oxygen atoms in total. The summed E-state index contributed by atoms with van der Waals surface area (Å²) in [4.78, 5) is 4.54. The zero-order valence-corrected chi connectivity index (χ0v) is 13.7. The van der Waals surface area contributed by atoms with Gasteiger partial charge in [-0.3, -0.25) is 4.98 Å². The number of hydrogen-bond acceptors (Lipinski definition) is 3. The van der Waals surface area contributed by atoms with Crippen LogP contribution in [0.25, 0.3) is 10.8 Å². The Morgan fingerprint density at radius 2 is 1.70 bits per heavy atom. The van der Waals surface area contributed by atoms with E-state index in [1.165, 1.54) is 4.31 Å². The Balaban J connectivity index is 1.81. The van der Waals surface area contributed by atoms with Crippen molar-refractivity contribution in [3.05, 3.63) is 72.6 Å². The van der Waals surface area contributed by atoms with Gasteiger partial charge in [0.25, 0.3) is 0 Å². The van der Waals surface area contributed by atoms with E-state index in [2.05, 4.69) is 4.98 Å². The van der Waals surface area contributed by atoms with Crippen molar-refractivity contribution in [3.8, 4) is 0 Å². The van der Waals surface area contributed by atoms with Crippen molar-refractivity contribution < 1.29 is 8.42 Å². The van der Waals surface area contributed by atoms with Gasteiger partial charge in [-0.2, -0.15) is 0 Å². The summed E-state index contributed by atoms with van der Waals surface area (Å²) in [5, 5.41) is 1.95. The number of nitrogens with zero attached hydrogens (tertiary/aromatic N) is 2. The van der Waals surface area contributed by atoms with E-state index in [-0.39, 0.29) is 0 Å². The van der Waals surface area contributed by atoms with Crippen LogP contribution in [0.2, 0.25) is 0 Å². The predicted molar refractivity (Wildman–Crippen MR) is 91.7 cm³/mol. The second-order valence-electron chi connectivity index (χ2n) is 5.41. The van der Waals surface area contributed by atoms with Crippen LogP contribution in [0.3, 0.4) is 0 Å². The van der Waals surface area contributed by atoms with Crippen LogP contribution in [0.4, 0.5) is 0 Å². The summed E-state index contributed by atoms with van der Waals surface area (Å²) < 4.78 is 26.8. The summed E-state index contributed by atoms with van der Waals surface area (Å²) in [7, 11) is -1.89. The molecule has 118 valence electrons. The topological polar surface area (TPSA) is 50.3 Å². The quantitative estimate of drug-likeness (QED) is 0.724. The van der Waals surface area contributed by atoms with E-state index in [9.17, 15) is 8.42 Å². The number of sulfonamides is 1. The van der Waals surface area contributed by atoms with Crippen LogP contribution in [0.1, 0.15) is 5.69 Å². The molecule has 3 aromatic rings. The number of fused-ring (bicyclic) bond motifs is 1. The van der Waals surface area contributed by atoms with Crippen molar-refractivity contribution in [2.75, 3.05) is 13.6 Å². The first-order valence-electron chi connectivity index (χ1n) is 7.42. The van der Waals surface area contributed by atoms with Crippen LogP contribution in [0.15, 0.2) is 71.8 Å². The van der Waals surface area contributed by atoms with Gasteiger partial charge in [-0.25, -0.2) is 12.7 Å². The number of likely N-dealkylation sites (N-methyl/N-ethyl adjacent to an activating group) is 1. The van der Waals surface area contributed by atoms with Crippen LogP contribution in [-0.4, -0.2) is 31.3 Å². The second kappa shape index (κ2) is 6.48. The van der Waals surface area contributed by atoms with E-state index in [1.807, 2.05) is 48.5 Å². The van der Waals surface area contributed by atoms with Gasteiger partial charge in [0.15, 0.2) is 0 Å². The SMILES string of the molecule is CN(CCc1ccccn1)S(=O)(=O)c1ccc2ccccc2c1. The smallest absolute Gasteiger partial charge is 0.242 e. The first-order chi connectivity index (χ1) is 11.1. The molecule has 0 aliphatic carbocycles. The molecule has 0 unspecified atom stereocenters. The molecule has 0 atom stereocenters. The number of hydrogen-bond donors (Lipinski definition) is 0. The lowest BCUT2D eigenvalue weighted by molar-refractivity contribution is 0.471. The maximum atomic E-state index is 12.7. The molecule has 5 heteroatoms. The van der Waals surface area contributed by atoms with Crippen LogP contribution in [0.5, 0.6) is 0 Å². The zero-order chi connectivity index (χ0) is 16.3. The third-order valence-corrected chi connectivity index (χ3v) is 5.69. The lowest BCUT2D eigenvalue weighted by atomic mass is 10.1. The molecule has 0 N–H and O–H groups in total. The van der Waals surface area contributed by atoms with E-state index in [0.29, 0.717) is 17.9 Å². The molecule has 0 aliphatic rings. The van der Waals surface area contributed by atoms with Crippen molar-refractivity contribution in [3.63, 3.8) is 0 Å². The Kier molecular flexibility index (Phi) is 4.41. The molecule has 23 heavy (non-hydrogen) atoms. The second-order valence-corrected chi connectivity index (χ2v) is 7.45. The third kappa shape index (κ3) is 3.41. The Bertz CT molecular complexity index is 908. The standard InChI is InChI=1S/C18H18N2O2S/c1-20(13-11-17-8-4-5-12-19-17)23(21,22)18-10-9-15-6-2-3-7-16(15)14-18/h2-10,12,14H,11,13H2,1H3. The molecule has 2 aromatic carbocycles. The molecule has 0 saturated carbocycles. The van der Waals surface area contributed by atoms with Crippen molar-refractivity contribution in [1.29, 1.82) is 0 Å². The van der Waals surface area contributed by atoms with Gasteiger partial charge in [0, 0.05) is 31.9 Å². The zero-order valence-electron chi connectivity index (χ0n) is 12.9. The van der Waals surface area contributed by atoms with Gasteiger partial charge in [-0.15, -0.1) is 0 Å². The van der Waals surface area contributed by atoms with Crippen molar-refractivity contribution in [2.24, 2.45) is 0 Å². The minimum absolute atomic E-state index is 0.319. The van der Waals surface area contributed by atoms with Gasteiger partial charge in [0.05, 0.1) is 4.90 Å². The highest BCUT2D eigenvalue weighted by molar-refractivity contribution is 7.89. The van der Waals surface area contributed by atoms with Gasteiger partial charge >= 0.3 is 0 Å². The van der Waals surface area contributed by atoms with Crippen molar-refractivity contribution >= 4 is 20.8 Å². The van der Waals surface area contributed by atoms with E-state index >= 15 is 0 Å². The first kappa shape index (κ1) is 15.6. The lowest BCUT2D eigenvalue weighted by Gasteiger charge is -2.17. The van der Waals surface area contributed by atoms with Crippen molar-refractivity contribution in [1.82, 2.24) is 9.29 Å². The molecule has 0 amide bonds.